The van der Waals surface area contributed by atoms with Gasteiger partial charge in [-0.2, -0.15) is 0 Å². The zero-order valence-electron chi connectivity index (χ0n) is 20.9. The third-order valence-corrected chi connectivity index (χ3v) is 6.63. The topological polar surface area (TPSA) is 110 Å². The van der Waals surface area contributed by atoms with Gasteiger partial charge in [-0.1, -0.05) is 23.7 Å². The third-order valence-electron chi connectivity index (χ3n) is 6.34. The molecular formula is C28H28ClN5O4. The molecule has 0 saturated heterocycles. The molecule has 0 bridgehead atoms. The highest BCUT2D eigenvalue weighted by Crippen LogP contribution is 2.38. The first-order chi connectivity index (χ1) is 18.4. The molecule has 2 heterocycles. The van der Waals surface area contributed by atoms with Gasteiger partial charge in [-0.3, -0.25) is 9.78 Å². The molecule has 4 aromatic rings. The molecule has 9 nitrogen and oxygen atoms in total. The lowest BCUT2D eigenvalue weighted by molar-refractivity contribution is -0.132. The molecule has 2 aromatic heterocycles. The lowest BCUT2D eigenvalue weighted by atomic mass is 10.2. The van der Waals surface area contributed by atoms with Crippen molar-refractivity contribution in [3.8, 4) is 11.5 Å². The molecule has 5 rings (SSSR count). The summed E-state index contributed by atoms with van der Waals surface area (Å²) in [6, 6.07) is 16.6. The van der Waals surface area contributed by atoms with E-state index in [1.807, 2.05) is 42.5 Å². The van der Waals surface area contributed by atoms with E-state index in [2.05, 4.69) is 20.3 Å². The fourth-order valence-corrected chi connectivity index (χ4v) is 4.15. The molecule has 0 unspecified atom stereocenters. The number of aromatic nitrogens is 3. The highest BCUT2D eigenvalue weighted by atomic mass is 35.5. The molecular weight excluding hydrogens is 506 g/mol. The average Bonchev–Trinajstić information content (AvgIpc) is 3.65. The first-order valence-electron chi connectivity index (χ1n) is 12.3. The van der Waals surface area contributed by atoms with Crippen molar-refractivity contribution >= 4 is 39.9 Å². The molecule has 10 heteroatoms. The first-order valence-corrected chi connectivity index (χ1v) is 12.7. The molecule has 1 aliphatic rings. The molecule has 1 saturated carbocycles. The maximum Gasteiger partial charge on any atom is 0.225 e. The second-order valence-corrected chi connectivity index (χ2v) is 9.72. The number of amides is 1. The van der Waals surface area contributed by atoms with Gasteiger partial charge in [0.2, 0.25) is 5.91 Å². The molecule has 0 atom stereocenters. The van der Waals surface area contributed by atoms with E-state index in [4.69, 9.17) is 21.1 Å². The Morgan fingerprint density at radius 2 is 1.95 bits per heavy atom. The number of hydrogen-bond acceptors (Lipinski definition) is 8. The zero-order valence-corrected chi connectivity index (χ0v) is 21.7. The molecule has 196 valence electrons. The summed E-state index contributed by atoms with van der Waals surface area (Å²) in [6.07, 6.45) is 4.71. The van der Waals surface area contributed by atoms with E-state index in [0.717, 1.165) is 11.4 Å². The van der Waals surface area contributed by atoms with Crippen LogP contribution in [-0.4, -0.2) is 56.7 Å². The number of nitrogens with one attached hydrogen (secondary N) is 1. The van der Waals surface area contributed by atoms with E-state index in [-0.39, 0.29) is 18.9 Å². The molecule has 0 aliphatic heterocycles. The number of likely N-dealkylation sites (N-methyl/N-ethyl adjacent to an activating group) is 1. The van der Waals surface area contributed by atoms with E-state index in [1.165, 1.54) is 6.33 Å². The predicted octanol–water partition coefficient (Wildman–Crippen LogP) is 4.75. The van der Waals surface area contributed by atoms with Crippen LogP contribution >= 0.6 is 11.6 Å². The summed E-state index contributed by atoms with van der Waals surface area (Å²) in [5, 5.41) is 14.5. The smallest absolute Gasteiger partial charge is 0.225 e. The normalized spacial score (nSPS) is 13.7. The quantitative estimate of drug-likeness (QED) is 0.284. The SMILES string of the molecule is CN(CCOc1cccc2ncnc(Nc3ccc(OCc4ccccn4)c(Cl)c3)c12)C(=O)CC1(O)CC1. The second-order valence-electron chi connectivity index (χ2n) is 9.32. The number of anilines is 2. The number of aliphatic hydroxyl groups is 1. The number of fused-ring (bicyclic) bond motifs is 1. The van der Waals surface area contributed by atoms with Gasteiger partial charge in [-0.15, -0.1) is 0 Å². The van der Waals surface area contributed by atoms with Gasteiger partial charge < -0.3 is 24.8 Å². The summed E-state index contributed by atoms with van der Waals surface area (Å²) >= 11 is 6.49. The van der Waals surface area contributed by atoms with Crippen LogP contribution in [-0.2, 0) is 11.4 Å². The van der Waals surface area contributed by atoms with E-state index >= 15 is 0 Å². The van der Waals surface area contributed by atoms with Crippen LogP contribution in [0.15, 0.2) is 67.1 Å². The lowest BCUT2D eigenvalue weighted by Gasteiger charge is -2.19. The second kappa shape index (κ2) is 11.2. The fraction of sp³-hybridized carbons (Fsp3) is 0.286. The largest absolute Gasteiger partial charge is 0.491 e. The highest BCUT2D eigenvalue weighted by molar-refractivity contribution is 6.32. The molecule has 1 amide bonds. The van der Waals surface area contributed by atoms with Crippen molar-refractivity contribution in [2.45, 2.75) is 31.5 Å². The Labute approximate surface area is 225 Å². The maximum atomic E-state index is 12.3. The predicted molar refractivity (Wildman–Crippen MR) is 145 cm³/mol. The van der Waals surface area contributed by atoms with Crippen molar-refractivity contribution in [1.29, 1.82) is 0 Å². The van der Waals surface area contributed by atoms with Crippen molar-refractivity contribution in [3.63, 3.8) is 0 Å². The van der Waals surface area contributed by atoms with Gasteiger partial charge in [0.15, 0.2) is 0 Å². The van der Waals surface area contributed by atoms with E-state index in [9.17, 15) is 9.90 Å². The Kier molecular flexibility index (Phi) is 7.57. The Hall–Kier alpha value is -3.95. The average molecular weight is 534 g/mol. The Morgan fingerprint density at radius 3 is 2.71 bits per heavy atom. The summed E-state index contributed by atoms with van der Waals surface area (Å²) in [6.45, 7) is 0.978. The highest BCUT2D eigenvalue weighted by Gasteiger charge is 2.42. The standard InChI is InChI=1S/C28H28ClN5O4/c1-34(25(35)16-28(36)10-11-28)13-14-37-24-7-4-6-22-26(24)27(32-18-31-22)33-19-8-9-23(21(29)15-19)38-17-20-5-2-3-12-30-20/h2-9,12,15,18,36H,10-11,13-14,16-17H2,1H3,(H,31,32,33). The summed E-state index contributed by atoms with van der Waals surface area (Å²) in [5.41, 5.74) is 1.42. The monoisotopic (exact) mass is 533 g/mol. The number of halogens is 1. The van der Waals surface area contributed by atoms with Crippen LogP contribution in [0.1, 0.15) is 25.0 Å². The molecule has 0 radical (unpaired) electrons. The minimum atomic E-state index is -0.813. The summed E-state index contributed by atoms with van der Waals surface area (Å²) in [5.74, 6) is 1.60. The minimum absolute atomic E-state index is 0.0958. The number of nitrogens with zero attached hydrogens (tertiary/aromatic N) is 4. The summed E-state index contributed by atoms with van der Waals surface area (Å²) < 4.78 is 11.9. The van der Waals surface area contributed by atoms with E-state index in [1.54, 1.807) is 30.3 Å². The van der Waals surface area contributed by atoms with Crippen LogP contribution in [0.2, 0.25) is 5.02 Å². The number of ether oxygens (including phenoxy) is 2. The van der Waals surface area contributed by atoms with E-state index in [0.29, 0.717) is 59.2 Å². The van der Waals surface area contributed by atoms with Gasteiger partial charge in [-0.25, -0.2) is 9.97 Å². The fourth-order valence-electron chi connectivity index (χ4n) is 3.92. The number of carbonyl (C=O) groups is 1. The van der Waals surface area contributed by atoms with Crippen LogP contribution in [0, 0.1) is 0 Å². The van der Waals surface area contributed by atoms with Crippen molar-refractivity contribution in [2.24, 2.45) is 0 Å². The third kappa shape index (κ3) is 6.30. The maximum absolute atomic E-state index is 12.3. The van der Waals surface area contributed by atoms with Crippen LogP contribution in [0.3, 0.4) is 0 Å². The van der Waals surface area contributed by atoms with Crippen LogP contribution in [0.25, 0.3) is 10.9 Å². The van der Waals surface area contributed by atoms with Gasteiger partial charge in [0.25, 0.3) is 0 Å². The Bertz CT molecular complexity index is 1430. The number of hydrogen-bond donors (Lipinski definition) is 2. The summed E-state index contributed by atoms with van der Waals surface area (Å²) in [4.78, 5) is 27.0. The van der Waals surface area contributed by atoms with Crippen molar-refractivity contribution < 1.29 is 19.4 Å². The number of carbonyl (C=O) groups excluding carboxylic acids is 1. The van der Waals surface area contributed by atoms with Crippen molar-refractivity contribution in [2.75, 3.05) is 25.5 Å². The Morgan fingerprint density at radius 1 is 1.08 bits per heavy atom. The van der Waals surface area contributed by atoms with Crippen molar-refractivity contribution in [3.05, 3.63) is 77.8 Å². The van der Waals surface area contributed by atoms with Gasteiger partial charge >= 0.3 is 0 Å². The summed E-state index contributed by atoms with van der Waals surface area (Å²) in [7, 11) is 1.71. The van der Waals surface area contributed by atoms with Crippen LogP contribution in [0.4, 0.5) is 11.5 Å². The lowest BCUT2D eigenvalue weighted by Crippen LogP contribution is -2.33. The van der Waals surface area contributed by atoms with Crippen molar-refractivity contribution in [1.82, 2.24) is 19.9 Å². The molecule has 38 heavy (non-hydrogen) atoms. The van der Waals surface area contributed by atoms with Gasteiger partial charge in [0.05, 0.1) is 40.2 Å². The Balaban J connectivity index is 1.26. The van der Waals surface area contributed by atoms with E-state index < -0.39 is 5.60 Å². The first kappa shape index (κ1) is 25.7. The van der Waals surface area contributed by atoms with Crippen LogP contribution < -0.4 is 14.8 Å². The van der Waals surface area contributed by atoms with Gasteiger partial charge in [0.1, 0.15) is 36.9 Å². The molecule has 0 spiro atoms. The van der Waals surface area contributed by atoms with Gasteiger partial charge in [-0.05, 0) is 55.3 Å². The molecule has 1 fully saturated rings. The molecule has 2 aromatic carbocycles. The molecule has 1 aliphatic carbocycles. The number of rotatable bonds is 11. The zero-order chi connectivity index (χ0) is 26.5. The van der Waals surface area contributed by atoms with Crippen LogP contribution in [0.5, 0.6) is 11.5 Å². The molecule has 2 N–H and O–H groups in total. The minimum Gasteiger partial charge on any atom is -0.491 e. The van der Waals surface area contributed by atoms with Gasteiger partial charge in [0, 0.05) is 18.9 Å². The number of benzene rings is 2. The number of pyridine rings is 1.